The van der Waals surface area contributed by atoms with Crippen molar-refractivity contribution < 1.29 is 0 Å². The number of halogens is 1. The number of anilines is 5. The third-order valence-electron chi connectivity index (χ3n) is 14.5. The summed E-state index contributed by atoms with van der Waals surface area (Å²) in [4.78, 5) is 5.42. The monoisotopic (exact) mass is 786 g/mol. The lowest BCUT2D eigenvalue weighted by atomic mass is 9.33. The van der Waals surface area contributed by atoms with Gasteiger partial charge in [0.15, 0.2) is 0 Å². The van der Waals surface area contributed by atoms with Crippen LogP contribution in [0.4, 0.5) is 27.8 Å². The highest BCUT2D eigenvalue weighted by molar-refractivity contribution is 7.26. The average Bonchev–Trinajstić information content (AvgIpc) is 3.62. The average molecular weight is 787 g/mol. The molecule has 1 aromatic heterocycles. The predicted octanol–water partition coefficient (Wildman–Crippen LogP) is 13.5. The highest BCUT2D eigenvalue weighted by Crippen LogP contribution is 2.63. The van der Waals surface area contributed by atoms with Crippen molar-refractivity contribution in [2.24, 2.45) is 0 Å². The van der Waals surface area contributed by atoms with Crippen LogP contribution in [0.15, 0.2) is 91.0 Å². The lowest BCUT2D eigenvalue weighted by molar-refractivity contribution is 0.195. The van der Waals surface area contributed by atoms with Crippen molar-refractivity contribution >= 4 is 83.9 Å². The van der Waals surface area contributed by atoms with E-state index in [0.29, 0.717) is 0 Å². The Balaban J connectivity index is 1.37. The second-order valence-electron chi connectivity index (χ2n) is 21.1. The van der Waals surface area contributed by atoms with E-state index in [-0.39, 0.29) is 33.9 Å². The van der Waals surface area contributed by atoms with Crippen LogP contribution in [-0.2, 0) is 21.7 Å². The molecule has 0 N–H and O–H groups in total. The molecular weight excluding hydrogens is 731 g/mol. The molecular formula is C52H56BClN2S. The Kier molecular flexibility index (Phi) is 7.88. The highest BCUT2D eigenvalue weighted by atomic mass is 35.5. The Morgan fingerprint density at radius 3 is 2.00 bits per heavy atom. The first-order valence-electron chi connectivity index (χ1n) is 21.2. The summed E-state index contributed by atoms with van der Waals surface area (Å²) in [5, 5.41) is 3.48. The van der Waals surface area contributed by atoms with Gasteiger partial charge in [0.1, 0.15) is 0 Å². The van der Waals surface area contributed by atoms with Crippen molar-refractivity contribution in [3.8, 4) is 11.1 Å². The first-order valence-corrected chi connectivity index (χ1v) is 22.4. The fourth-order valence-corrected chi connectivity index (χ4v) is 12.5. The van der Waals surface area contributed by atoms with Gasteiger partial charge in [-0.15, -0.1) is 11.3 Å². The van der Waals surface area contributed by atoms with E-state index in [1.807, 2.05) is 11.3 Å². The van der Waals surface area contributed by atoms with Gasteiger partial charge in [-0.1, -0.05) is 154 Å². The Morgan fingerprint density at radius 1 is 0.649 bits per heavy atom. The maximum absolute atomic E-state index is 7.46. The molecule has 1 saturated carbocycles. The first kappa shape index (κ1) is 37.3. The van der Waals surface area contributed by atoms with Crippen molar-refractivity contribution in [3.05, 3.63) is 118 Å². The van der Waals surface area contributed by atoms with E-state index in [4.69, 9.17) is 11.6 Å². The molecule has 4 heterocycles. The molecule has 5 heteroatoms. The number of hydrogen-bond acceptors (Lipinski definition) is 3. The molecule has 10 rings (SSSR count). The first-order chi connectivity index (χ1) is 26.8. The molecule has 3 aliphatic heterocycles. The molecule has 5 aromatic carbocycles. The molecule has 1 aliphatic carbocycles. The molecule has 0 spiro atoms. The minimum atomic E-state index is -0.0763. The standard InChI is InChI=1S/C52H56BClN2S/c1-48(2,3)32-19-21-40(36(25-32)31-17-13-12-14-18-31)55-41-29-35(54)30-42-45(41)53(44-37-26-33(49(4,5)6)20-22-43(37)57-47(44)55)39-28-34(50(7,8)9)27-38-46(39)56(42)52(11)24-16-15-23-51(38,52)10/h12-14,17-22,25-30H,15-16,23-24H2,1-11H3. The maximum Gasteiger partial charge on any atom is 0.254 e. The van der Waals surface area contributed by atoms with Crippen molar-refractivity contribution in [2.45, 2.75) is 129 Å². The van der Waals surface area contributed by atoms with Gasteiger partial charge in [0.25, 0.3) is 6.71 Å². The van der Waals surface area contributed by atoms with Gasteiger partial charge in [-0.25, -0.2) is 0 Å². The van der Waals surface area contributed by atoms with Crippen molar-refractivity contribution in [3.63, 3.8) is 0 Å². The summed E-state index contributed by atoms with van der Waals surface area (Å²) in [7, 11) is 0. The minimum absolute atomic E-state index is 0.000424. The Labute approximate surface area is 350 Å². The van der Waals surface area contributed by atoms with Gasteiger partial charge in [0.05, 0.1) is 16.2 Å². The van der Waals surface area contributed by atoms with Gasteiger partial charge < -0.3 is 9.80 Å². The summed E-state index contributed by atoms with van der Waals surface area (Å²) in [6.07, 6.45) is 4.86. The van der Waals surface area contributed by atoms with Crippen LogP contribution in [-0.4, -0.2) is 12.3 Å². The van der Waals surface area contributed by atoms with E-state index in [9.17, 15) is 0 Å². The number of rotatable bonds is 2. The molecule has 2 unspecified atom stereocenters. The largest absolute Gasteiger partial charge is 0.335 e. The van der Waals surface area contributed by atoms with Gasteiger partial charge >= 0.3 is 0 Å². The quantitative estimate of drug-likeness (QED) is 0.161. The number of hydrogen-bond donors (Lipinski definition) is 0. The lowest BCUT2D eigenvalue weighted by Gasteiger charge is -2.52. The molecule has 1 fully saturated rings. The summed E-state index contributed by atoms with van der Waals surface area (Å²) in [6, 6.07) is 35.4. The molecule has 290 valence electrons. The Bertz CT molecular complexity index is 2650. The van der Waals surface area contributed by atoms with Crippen LogP contribution in [0.5, 0.6) is 0 Å². The van der Waals surface area contributed by atoms with Gasteiger partial charge in [-0.3, -0.25) is 0 Å². The van der Waals surface area contributed by atoms with E-state index in [0.717, 1.165) is 11.4 Å². The van der Waals surface area contributed by atoms with E-state index >= 15 is 0 Å². The molecule has 4 aliphatic rings. The zero-order valence-corrected chi connectivity index (χ0v) is 37.3. The fraction of sp³-hybridized carbons (Fsp3) is 0.385. The van der Waals surface area contributed by atoms with Crippen LogP contribution in [0.3, 0.4) is 0 Å². The van der Waals surface area contributed by atoms with Gasteiger partial charge in [0, 0.05) is 37.8 Å². The predicted molar refractivity (Wildman–Crippen MR) is 251 cm³/mol. The van der Waals surface area contributed by atoms with Gasteiger partial charge in [0.2, 0.25) is 0 Å². The molecule has 2 nitrogen and oxygen atoms in total. The molecule has 0 radical (unpaired) electrons. The summed E-state index contributed by atoms with van der Waals surface area (Å²) >= 11 is 9.41. The lowest BCUT2D eigenvalue weighted by Crippen LogP contribution is -2.64. The van der Waals surface area contributed by atoms with Gasteiger partial charge in [-0.05, 0) is 116 Å². The zero-order chi connectivity index (χ0) is 40.2. The van der Waals surface area contributed by atoms with Crippen LogP contribution in [0.1, 0.15) is 124 Å². The number of fused-ring (bicyclic) bond motifs is 9. The van der Waals surface area contributed by atoms with Crippen LogP contribution in [0, 0.1) is 0 Å². The van der Waals surface area contributed by atoms with Crippen molar-refractivity contribution in [2.75, 3.05) is 9.80 Å². The second-order valence-corrected chi connectivity index (χ2v) is 22.6. The molecule has 0 bridgehead atoms. The molecule has 6 aromatic rings. The SMILES string of the molecule is CC(C)(C)c1ccc(N2c3cc(Cl)cc4c3B(c3cc(C(C)(C)C)cc5c3N4C3(C)CCCCC53C)c3c2sc2ccc(C(C)(C)C)cc32)c(-c2ccccc2)c1. The topological polar surface area (TPSA) is 6.48 Å². The van der Waals surface area contributed by atoms with E-state index < -0.39 is 0 Å². The van der Waals surface area contributed by atoms with Crippen LogP contribution < -0.4 is 26.2 Å². The molecule has 0 saturated heterocycles. The molecule has 57 heavy (non-hydrogen) atoms. The second kappa shape index (κ2) is 12.0. The van der Waals surface area contributed by atoms with E-state index in [1.165, 1.54) is 101 Å². The summed E-state index contributed by atoms with van der Waals surface area (Å²) in [5.41, 5.74) is 17.6. The number of benzene rings is 5. The zero-order valence-electron chi connectivity index (χ0n) is 35.7. The summed E-state index contributed by atoms with van der Waals surface area (Å²) in [5.74, 6) is 0. The van der Waals surface area contributed by atoms with Crippen molar-refractivity contribution in [1.29, 1.82) is 0 Å². The van der Waals surface area contributed by atoms with Crippen LogP contribution in [0.25, 0.3) is 21.2 Å². The van der Waals surface area contributed by atoms with Crippen molar-refractivity contribution in [1.82, 2.24) is 0 Å². The smallest absolute Gasteiger partial charge is 0.254 e. The summed E-state index contributed by atoms with van der Waals surface area (Å²) < 4.78 is 1.34. The van der Waals surface area contributed by atoms with Crippen LogP contribution in [0.2, 0.25) is 5.02 Å². The normalized spacial score (nSPS) is 21.1. The van der Waals surface area contributed by atoms with E-state index in [1.54, 1.807) is 5.56 Å². The maximum atomic E-state index is 7.46. The highest BCUT2D eigenvalue weighted by Gasteiger charge is 2.62. The van der Waals surface area contributed by atoms with Crippen LogP contribution >= 0.6 is 22.9 Å². The van der Waals surface area contributed by atoms with E-state index in [2.05, 4.69) is 177 Å². The Hall–Kier alpha value is -3.99. The summed E-state index contributed by atoms with van der Waals surface area (Å²) in [6.45, 7) is 26.4. The molecule has 2 atom stereocenters. The molecule has 0 amide bonds. The van der Waals surface area contributed by atoms with Gasteiger partial charge in [-0.2, -0.15) is 0 Å². The minimum Gasteiger partial charge on any atom is -0.335 e. The number of thiophene rings is 1. The third-order valence-corrected chi connectivity index (χ3v) is 15.9. The number of nitrogens with zero attached hydrogens (tertiary/aromatic N) is 2. The fourth-order valence-electron chi connectivity index (χ4n) is 11.0. The Morgan fingerprint density at radius 2 is 1.30 bits per heavy atom. The third kappa shape index (κ3) is 5.21.